The van der Waals surface area contributed by atoms with Crippen LogP contribution in [0.1, 0.15) is 63.3 Å². The lowest BCUT2D eigenvalue weighted by Crippen LogP contribution is -2.62. The molecule has 1 saturated carbocycles. The highest BCUT2D eigenvalue weighted by Crippen LogP contribution is 2.37. The molecule has 0 spiro atoms. The molecule has 0 radical (unpaired) electrons. The number of carbonyl (C=O) groups is 1. The van der Waals surface area contributed by atoms with Crippen LogP contribution in [0.4, 0.5) is 0 Å². The van der Waals surface area contributed by atoms with E-state index in [1.165, 1.54) is 37.7 Å². The predicted octanol–water partition coefficient (Wildman–Crippen LogP) is 4.13. The Kier molecular flexibility index (Phi) is 8.78. The summed E-state index contributed by atoms with van der Waals surface area (Å²) >= 11 is 6.17. The number of halogens is 1. The molecule has 8 heteroatoms. The fourth-order valence-electron chi connectivity index (χ4n) is 6.98. The van der Waals surface area contributed by atoms with Crippen molar-refractivity contribution in [3.63, 3.8) is 0 Å². The molecule has 7 nitrogen and oxygen atoms in total. The highest BCUT2D eigenvalue weighted by Gasteiger charge is 2.44. The van der Waals surface area contributed by atoms with E-state index < -0.39 is 0 Å². The van der Waals surface area contributed by atoms with E-state index in [1.54, 1.807) is 0 Å². The van der Waals surface area contributed by atoms with Gasteiger partial charge in [-0.15, -0.1) is 0 Å². The quantitative estimate of drug-likeness (QED) is 0.545. The van der Waals surface area contributed by atoms with Crippen molar-refractivity contribution in [1.82, 2.24) is 29.6 Å². The molecule has 1 aliphatic carbocycles. The van der Waals surface area contributed by atoms with Crippen LogP contribution >= 0.6 is 11.6 Å². The van der Waals surface area contributed by atoms with Crippen LogP contribution in [0.3, 0.4) is 0 Å². The second kappa shape index (κ2) is 12.1. The number of piperazine rings is 1. The van der Waals surface area contributed by atoms with E-state index in [9.17, 15) is 4.79 Å². The van der Waals surface area contributed by atoms with Gasteiger partial charge in [0.15, 0.2) is 0 Å². The number of amides is 1. The van der Waals surface area contributed by atoms with Crippen LogP contribution in [0, 0.1) is 5.92 Å². The molecule has 2 aromatic rings. The number of carbonyl (C=O) groups excluding carboxylic acids is 1. The minimum Gasteiger partial charge on any atom is -0.340 e. The van der Waals surface area contributed by atoms with Gasteiger partial charge in [0.25, 0.3) is 0 Å². The van der Waals surface area contributed by atoms with Gasteiger partial charge in [0.2, 0.25) is 5.91 Å². The molecule has 208 valence electrons. The Morgan fingerprint density at radius 3 is 2.42 bits per heavy atom. The fourth-order valence-corrected chi connectivity index (χ4v) is 7.10. The Bertz CT molecular complexity index is 1050. The van der Waals surface area contributed by atoms with Crippen LogP contribution in [0.15, 0.2) is 36.7 Å². The molecule has 0 bridgehead atoms. The highest BCUT2D eigenvalue weighted by molar-refractivity contribution is 6.30. The number of aromatic nitrogens is 2. The van der Waals surface area contributed by atoms with E-state index in [0.29, 0.717) is 11.9 Å². The zero-order chi connectivity index (χ0) is 26.7. The molecule has 2 saturated heterocycles. The van der Waals surface area contributed by atoms with E-state index in [1.807, 2.05) is 24.5 Å². The Balaban J connectivity index is 1.23. The maximum Gasteiger partial charge on any atom is 0.227 e. The van der Waals surface area contributed by atoms with E-state index in [0.717, 1.165) is 63.2 Å². The van der Waals surface area contributed by atoms with E-state index in [-0.39, 0.29) is 17.4 Å². The molecule has 38 heavy (non-hydrogen) atoms. The first-order valence-corrected chi connectivity index (χ1v) is 14.9. The summed E-state index contributed by atoms with van der Waals surface area (Å²) in [6.45, 7) is 11.6. The lowest BCUT2D eigenvalue weighted by Gasteiger charge is -2.50. The van der Waals surface area contributed by atoms with Gasteiger partial charge >= 0.3 is 0 Å². The largest absolute Gasteiger partial charge is 0.340 e. The van der Waals surface area contributed by atoms with Gasteiger partial charge in [-0.3, -0.25) is 14.6 Å². The Morgan fingerprint density at radius 2 is 1.79 bits per heavy atom. The number of hydrogen-bond donors (Lipinski definition) is 1. The van der Waals surface area contributed by atoms with Crippen LogP contribution < -0.4 is 5.32 Å². The van der Waals surface area contributed by atoms with Gasteiger partial charge in [-0.05, 0) is 44.4 Å². The average Bonchev–Trinajstić information content (AvgIpc) is 3.56. The standard InChI is InChI=1S/C30H45ClN6O/c1-23(2)36-20-26(24-7-9-25(31)10-8-24)27(21-36)29(38)35-15-17-37(18-16-35)30(11-5-4-6-12-30)22-32-19-28-33-13-14-34(28)3/h7-10,13-14,23,26-27,32H,4-6,11-12,15-22H2,1-3H3/t26-,27+/m1/s1. The Hall–Kier alpha value is -1.93. The normalized spacial score (nSPS) is 24.8. The van der Waals surface area contributed by atoms with Gasteiger partial charge in [-0.25, -0.2) is 4.98 Å². The Morgan fingerprint density at radius 1 is 1.08 bits per heavy atom. The van der Waals surface area contributed by atoms with Crippen molar-refractivity contribution >= 4 is 17.5 Å². The summed E-state index contributed by atoms with van der Waals surface area (Å²) in [5, 5.41) is 4.49. The number of aryl methyl sites for hydroxylation is 1. The van der Waals surface area contributed by atoms with Gasteiger partial charge in [0, 0.05) is 87.8 Å². The topological polar surface area (TPSA) is 56.6 Å². The maximum atomic E-state index is 14.0. The molecule has 1 amide bonds. The first-order valence-electron chi connectivity index (χ1n) is 14.6. The summed E-state index contributed by atoms with van der Waals surface area (Å²) in [6.07, 6.45) is 10.3. The minimum absolute atomic E-state index is 0.00761. The second-order valence-electron chi connectivity index (χ2n) is 12.0. The van der Waals surface area contributed by atoms with Gasteiger partial charge in [-0.1, -0.05) is 43.0 Å². The summed E-state index contributed by atoms with van der Waals surface area (Å²) in [4.78, 5) is 25.8. The van der Waals surface area contributed by atoms with Crippen molar-refractivity contribution in [1.29, 1.82) is 0 Å². The Labute approximate surface area is 233 Å². The second-order valence-corrected chi connectivity index (χ2v) is 12.4. The van der Waals surface area contributed by atoms with Crippen molar-refractivity contribution in [2.75, 3.05) is 45.8 Å². The summed E-state index contributed by atoms with van der Waals surface area (Å²) in [7, 11) is 2.05. The number of nitrogens with zero attached hydrogens (tertiary/aromatic N) is 5. The third-order valence-electron chi connectivity index (χ3n) is 9.40. The minimum atomic E-state index is 0.00761. The molecule has 3 fully saturated rings. The number of imidazole rings is 1. The first kappa shape index (κ1) is 27.6. The number of hydrogen-bond acceptors (Lipinski definition) is 5. The number of benzene rings is 1. The monoisotopic (exact) mass is 540 g/mol. The van der Waals surface area contributed by atoms with Crippen LogP contribution in [-0.2, 0) is 18.4 Å². The van der Waals surface area contributed by atoms with Gasteiger partial charge in [-0.2, -0.15) is 0 Å². The molecule has 0 unspecified atom stereocenters. The summed E-state index contributed by atoms with van der Waals surface area (Å²) in [5.74, 6) is 1.64. The molecule has 1 N–H and O–H groups in total. The van der Waals surface area contributed by atoms with Crippen molar-refractivity contribution in [2.45, 2.75) is 70.0 Å². The molecular formula is C30H45ClN6O. The van der Waals surface area contributed by atoms with Gasteiger partial charge in [0.05, 0.1) is 12.5 Å². The van der Waals surface area contributed by atoms with E-state index in [4.69, 9.17) is 11.6 Å². The maximum absolute atomic E-state index is 14.0. The van der Waals surface area contributed by atoms with Crippen molar-refractivity contribution in [3.8, 4) is 0 Å². The summed E-state index contributed by atoms with van der Waals surface area (Å²) < 4.78 is 2.09. The molecule has 5 rings (SSSR count). The zero-order valence-electron chi connectivity index (χ0n) is 23.4. The zero-order valence-corrected chi connectivity index (χ0v) is 24.2. The summed E-state index contributed by atoms with van der Waals surface area (Å²) in [5.41, 5.74) is 1.42. The molecule has 3 aliphatic rings. The SMILES string of the molecule is CC(C)N1C[C@H](C(=O)N2CCN(C3(CNCc4nccn4C)CCCCC3)CC2)[C@@H](c2ccc(Cl)cc2)C1. The third kappa shape index (κ3) is 5.96. The third-order valence-corrected chi connectivity index (χ3v) is 9.65. The fraction of sp³-hybridized carbons (Fsp3) is 0.667. The molecule has 1 aromatic heterocycles. The number of nitrogens with one attached hydrogen (secondary N) is 1. The lowest BCUT2D eigenvalue weighted by atomic mass is 9.79. The molecule has 3 heterocycles. The smallest absolute Gasteiger partial charge is 0.227 e. The van der Waals surface area contributed by atoms with Gasteiger partial charge in [0.1, 0.15) is 5.82 Å². The molecule has 2 atom stereocenters. The van der Waals surface area contributed by atoms with Crippen molar-refractivity contribution < 1.29 is 4.79 Å². The summed E-state index contributed by atoms with van der Waals surface area (Å²) in [6, 6.07) is 8.57. The number of rotatable bonds is 8. The average molecular weight is 541 g/mol. The van der Waals surface area contributed by atoms with Crippen LogP contribution in [0.5, 0.6) is 0 Å². The van der Waals surface area contributed by atoms with Crippen LogP contribution in [-0.4, -0.2) is 87.6 Å². The molecular weight excluding hydrogens is 496 g/mol. The van der Waals surface area contributed by atoms with Crippen LogP contribution in [0.25, 0.3) is 0 Å². The van der Waals surface area contributed by atoms with Crippen molar-refractivity contribution in [2.24, 2.45) is 13.0 Å². The van der Waals surface area contributed by atoms with E-state index >= 15 is 0 Å². The number of likely N-dealkylation sites (tertiary alicyclic amines) is 1. The van der Waals surface area contributed by atoms with E-state index in [2.05, 4.69) is 62.6 Å². The predicted molar refractivity (Wildman–Crippen MR) is 153 cm³/mol. The lowest BCUT2D eigenvalue weighted by molar-refractivity contribution is -0.138. The first-order chi connectivity index (χ1) is 18.4. The molecule has 2 aliphatic heterocycles. The highest BCUT2D eigenvalue weighted by atomic mass is 35.5. The molecule has 1 aromatic carbocycles. The van der Waals surface area contributed by atoms with Crippen molar-refractivity contribution in [3.05, 3.63) is 53.1 Å². The van der Waals surface area contributed by atoms with Gasteiger partial charge < -0.3 is 14.8 Å². The van der Waals surface area contributed by atoms with Crippen LogP contribution in [0.2, 0.25) is 5.02 Å².